The number of nitrogens with one attached hydrogen (secondary N) is 4. The quantitative estimate of drug-likeness (QED) is 0.455. The van der Waals surface area contributed by atoms with E-state index >= 15 is 0 Å². The Bertz CT molecular complexity index is 741. The van der Waals surface area contributed by atoms with Crippen LogP contribution < -0.4 is 26.2 Å². The fourth-order valence-corrected chi connectivity index (χ4v) is 2.37. The molecule has 0 atom stereocenters. The van der Waals surface area contributed by atoms with E-state index in [1.807, 2.05) is 12.1 Å². The molecule has 9 heteroatoms. The summed E-state index contributed by atoms with van der Waals surface area (Å²) in [5.74, 6) is 0.616. The molecule has 0 saturated heterocycles. The van der Waals surface area contributed by atoms with Crippen LogP contribution in [-0.4, -0.2) is 17.3 Å². The second-order valence-electron chi connectivity index (χ2n) is 4.51. The minimum Gasteiger partial charge on any atom is -0.495 e. The summed E-state index contributed by atoms with van der Waals surface area (Å²) in [4.78, 5) is 0. The van der Waals surface area contributed by atoms with Gasteiger partial charge in [-0.15, -0.1) is 0 Å². The molecular formula is C15H14Cl2N4OS2. The molecule has 0 spiro atoms. The molecule has 0 bridgehead atoms. The largest absolute Gasteiger partial charge is 0.495 e. The van der Waals surface area contributed by atoms with Crippen molar-refractivity contribution < 1.29 is 4.74 Å². The van der Waals surface area contributed by atoms with Crippen molar-refractivity contribution in [3.63, 3.8) is 0 Å². The van der Waals surface area contributed by atoms with Gasteiger partial charge in [-0.1, -0.05) is 23.2 Å². The summed E-state index contributed by atoms with van der Waals surface area (Å²) in [6.45, 7) is 0. The van der Waals surface area contributed by atoms with E-state index in [2.05, 4.69) is 21.5 Å². The molecule has 5 nitrogen and oxygen atoms in total. The molecule has 0 saturated carbocycles. The minimum atomic E-state index is 0.302. The highest BCUT2D eigenvalue weighted by molar-refractivity contribution is 7.81. The molecular weight excluding hydrogens is 387 g/mol. The lowest BCUT2D eigenvalue weighted by molar-refractivity contribution is 0.417. The zero-order chi connectivity index (χ0) is 17.5. The fourth-order valence-electron chi connectivity index (χ4n) is 1.74. The van der Waals surface area contributed by atoms with Crippen LogP contribution in [0.5, 0.6) is 5.75 Å². The Hall–Kier alpha value is -1.80. The third-order valence-corrected chi connectivity index (χ3v) is 3.70. The maximum atomic E-state index is 5.97. The van der Waals surface area contributed by atoms with Gasteiger partial charge in [-0.2, -0.15) is 0 Å². The van der Waals surface area contributed by atoms with Crippen LogP contribution in [0.15, 0.2) is 42.5 Å². The van der Waals surface area contributed by atoms with Crippen LogP contribution in [0.25, 0.3) is 0 Å². The van der Waals surface area contributed by atoms with Crippen molar-refractivity contribution in [3.05, 3.63) is 52.5 Å². The number of hydrogen-bond donors (Lipinski definition) is 4. The molecule has 0 unspecified atom stereocenters. The zero-order valence-corrected chi connectivity index (χ0v) is 15.7. The molecule has 126 valence electrons. The average molecular weight is 401 g/mol. The van der Waals surface area contributed by atoms with E-state index in [0.717, 1.165) is 5.69 Å². The van der Waals surface area contributed by atoms with E-state index in [1.54, 1.807) is 37.4 Å². The second-order valence-corrected chi connectivity index (χ2v) is 6.20. The van der Waals surface area contributed by atoms with Gasteiger partial charge in [0.1, 0.15) is 5.75 Å². The van der Waals surface area contributed by atoms with Gasteiger partial charge in [-0.05, 0) is 66.9 Å². The third-order valence-electron chi connectivity index (χ3n) is 2.80. The number of ether oxygens (including phenoxy) is 1. The number of benzene rings is 2. The summed E-state index contributed by atoms with van der Waals surface area (Å²) in [6.07, 6.45) is 0. The summed E-state index contributed by atoms with van der Waals surface area (Å²) < 4.78 is 5.24. The molecule has 2 aromatic carbocycles. The smallest absolute Gasteiger partial charge is 0.189 e. The molecule has 0 aliphatic rings. The van der Waals surface area contributed by atoms with Gasteiger partial charge in [-0.3, -0.25) is 10.9 Å². The molecule has 0 amide bonds. The summed E-state index contributed by atoms with van der Waals surface area (Å²) in [6, 6.07) is 12.3. The first-order chi connectivity index (χ1) is 11.5. The fraction of sp³-hybridized carbons (Fsp3) is 0.0667. The summed E-state index contributed by atoms with van der Waals surface area (Å²) in [7, 11) is 1.56. The van der Waals surface area contributed by atoms with Crippen LogP contribution in [0.2, 0.25) is 10.0 Å². The monoisotopic (exact) mass is 400 g/mol. The number of thiocarbonyl (C=S) groups is 2. The van der Waals surface area contributed by atoms with E-state index in [0.29, 0.717) is 31.7 Å². The van der Waals surface area contributed by atoms with Crippen LogP contribution in [0.4, 0.5) is 11.4 Å². The van der Waals surface area contributed by atoms with Crippen LogP contribution >= 0.6 is 47.6 Å². The first-order valence-corrected chi connectivity index (χ1v) is 8.28. The summed E-state index contributed by atoms with van der Waals surface area (Å²) >= 11 is 22.2. The van der Waals surface area contributed by atoms with Crippen molar-refractivity contribution in [1.29, 1.82) is 0 Å². The molecule has 4 N–H and O–H groups in total. The van der Waals surface area contributed by atoms with E-state index in [4.69, 9.17) is 52.4 Å². The zero-order valence-electron chi connectivity index (χ0n) is 12.5. The van der Waals surface area contributed by atoms with Gasteiger partial charge < -0.3 is 15.4 Å². The normalized spacial score (nSPS) is 9.79. The second kappa shape index (κ2) is 8.89. The van der Waals surface area contributed by atoms with Gasteiger partial charge in [-0.25, -0.2) is 0 Å². The van der Waals surface area contributed by atoms with Crippen molar-refractivity contribution in [3.8, 4) is 5.75 Å². The predicted molar refractivity (Wildman–Crippen MR) is 108 cm³/mol. The minimum absolute atomic E-state index is 0.302. The van der Waals surface area contributed by atoms with Crippen LogP contribution in [-0.2, 0) is 0 Å². The lowest BCUT2D eigenvalue weighted by atomic mass is 10.3. The van der Waals surface area contributed by atoms with Crippen molar-refractivity contribution in [2.24, 2.45) is 0 Å². The van der Waals surface area contributed by atoms with Crippen molar-refractivity contribution >= 4 is 69.2 Å². The standard InChI is InChI=1S/C15H14Cl2N4OS2/c1-22-13-7-4-10(17)8-12(13)19-15(24)21-20-14(23)18-11-5-2-9(16)3-6-11/h2-8H,1H3,(H2,18,20,23)(H2,19,21,24). The van der Waals surface area contributed by atoms with Crippen LogP contribution in [0, 0.1) is 0 Å². The number of halogens is 2. The Balaban J connectivity index is 1.85. The topological polar surface area (TPSA) is 57.4 Å². The lowest BCUT2D eigenvalue weighted by Crippen LogP contribution is -2.45. The Labute approximate surface area is 160 Å². The SMILES string of the molecule is COc1ccc(Cl)cc1NC(=S)NNC(=S)Nc1ccc(Cl)cc1. The van der Waals surface area contributed by atoms with Crippen molar-refractivity contribution in [1.82, 2.24) is 10.9 Å². The first-order valence-electron chi connectivity index (χ1n) is 6.71. The Morgan fingerprint density at radius 3 is 2.08 bits per heavy atom. The molecule has 0 heterocycles. The van der Waals surface area contributed by atoms with Crippen molar-refractivity contribution in [2.75, 3.05) is 17.7 Å². The first kappa shape index (κ1) is 18.5. The maximum Gasteiger partial charge on any atom is 0.189 e. The predicted octanol–water partition coefficient (Wildman–Crippen LogP) is 4.19. The molecule has 2 aromatic rings. The lowest BCUT2D eigenvalue weighted by Gasteiger charge is -2.16. The van der Waals surface area contributed by atoms with Crippen LogP contribution in [0.1, 0.15) is 0 Å². The van der Waals surface area contributed by atoms with Gasteiger partial charge >= 0.3 is 0 Å². The average Bonchev–Trinajstić information content (AvgIpc) is 2.55. The molecule has 0 aliphatic carbocycles. The Morgan fingerprint density at radius 2 is 1.46 bits per heavy atom. The number of rotatable bonds is 3. The van der Waals surface area contributed by atoms with Gasteiger partial charge in [0.25, 0.3) is 0 Å². The Morgan fingerprint density at radius 1 is 0.875 bits per heavy atom. The highest BCUT2D eigenvalue weighted by Gasteiger charge is 2.06. The van der Waals surface area contributed by atoms with Gasteiger partial charge in [0.2, 0.25) is 0 Å². The number of hydrogen-bond acceptors (Lipinski definition) is 3. The number of anilines is 2. The maximum absolute atomic E-state index is 5.97. The van der Waals surface area contributed by atoms with E-state index in [1.165, 1.54) is 0 Å². The highest BCUT2D eigenvalue weighted by Crippen LogP contribution is 2.27. The molecule has 24 heavy (non-hydrogen) atoms. The molecule has 0 radical (unpaired) electrons. The van der Waals surface area contributed by atoms with Crippen LogP contribution in [0.3, 0.4) is 0 Å². The molecule has 0 aliphatic heterocycles. The molecule has 0 aromatic heterocycles. The van der Waals surface area contributed by atoms with Gasteiger partial charge in [0, 0.05) is 15.7 Å². The Kier molecular flexibility index (Phi) is 6.86. The van der Waals surface area contributed by atoms with E-state index in [9.17, 15) is 0 Å². The number of methoxy groups -OCH3 is 1. The number of hydrazine groups is 1. The van der Waals surface area contributed by atoms with E-state index < -0.39 is 0 Å². The summed E-state index contributed by atoms with van der Waals surface area (Å²) in [5, 5.41) is 7.82. The molecule has 0 fully saturated rings. The third kappa shape index (κ3) is 5.68. The summed E-state index contributed by atoms with van der Waals surface area (Å²) in [5.41, 5.74) is 6.99. The highest BCUT2D eigenvalue weighted by atomic mass is 35.5. The molecule has 2 rings (SSSR count). The van der Waals surface area contributed by atoms with Gasteiger partial charge in [0.15, 0.2) is 10.2 Å². The van der Waals surface area contributed by atoms with E-state index in [-0.39, 0.29) is 0 Å². The van der Waals surface area contributed by atoms with Gasteiger partial charge in [0.05, 0.1) is 12.8 Å². The van der Waals surface area contributed by atoms with Crippen molar-refractivity contribution in [2.45, 2.75) is 0 Å².